The number of rotatable bonds is 3. The van der Waals surface area contributed by atoms with Gasteiger partial charge in [0, 0.05) is 17.5 Å². The summed E-state index contributed by atoms with van der Waals surface area (Å²) in [5, 5.41) is 9.38. The van der Waals surface area contributed by atoms with Crippen LogP contribution in [0.3, 0.4) is 0 Å². The van der Waals surface area contributed by atoms with E-state index in [4.69, 9.17) is 10.5 Å². The van der Waals surface area contributed by atoms with Gasteiger partial charge < -0.3 is 10.5 Å². The van der Waals surface area contributed by atoms with E-state index in [2.05, 4.69) is 6.07 Å². The Balaban J connectivity index is 2.27. The van der Waals surface area contributed by atoms with E-state index in [9.17, 15) is 5.26 Å². The fraction of sp³-hybridized carbons (Fsp3) is 0.235. The molecule has 2 unspecified atom stereocenters. The summed E-state index contributed by atoms with van der Waals surface area (Å²) in [6, 6.07) is 16.2. The van der Waals surface area contributed by atoms with Crippen LogP contribution in [-0.4, -0.2) is 13.2 Å². The number of methoxy groups -OCH3 is 1. The Bertz CT molecular complexity index is 673. The van der Waals surface area contributed by atoms with Crippen LogP contribution in [0.2, 0.25) is 0 Å². The molecule has 20 heavy (non-hydrogen) atoms. The summed E-state index contributed by atoms with van der Waals surface area (Å²) in [6.45, 7) is 0. The molecule has 0 radical (unpaired) electrons. The fourth-order valence-electron chi connectivity index (χ4n) is 2.70. The van der Waals surface area contributed by atoms with Crippen molar-refractivity contribution in [3.8, 4) is 22.9 Å². The molecule has 2 N–H and O–H groups in total. The number of ether oxygens (including phenoxy) is 1. The maximum absolute atomic E-state index is 9.38. The van der Waals surface area contributed by atoms with Crippen LogP contribution in [0, 0.1) is 11.3 Å². The monoisotopic (exact) mass is 264 g/mol. The molecule has 0 heterocycles. The van der Waals surface area contributed by atoms with Crippen molar-refractivity contribution in [3.63, 3.8) is 0 Å². The molecule has 3 heteroatoms. The summed E-state index contributed by atoms with van der Waals surface area (Å²) >= 11 is 0. The topological polar surface area (TPSA) is 59.0 Å². The Morgan fingerprint density at radius 1 is 1.20 bits per heavy atom. The SMILES string of the molecule is COc1ccc(C#N)c(C2CC2N)c1-c1ccccc1. The summed E-state index contributed by atoms with van der Waals surface area (Å²) in [5.41, 5.74) is 9.81. The van der Waals surface area contributed by atoms with Crippen molar-refractivity contribution < 1.29 is 4.74 Å². The van der Waals surface area contributed by atoms with Gasteiger partial charge in [0.1, 0.15) is 5.75 Å². The van der Waals surface area contributed by atoms with E-state index in [1.165, 1.54) is 0 Å². The summed E-state index contributed by atoms with van der Waals surface area (Å²) < 4.78 is 5.50. The van der Waals surface area contributed by atoms with Gasteiger partial charge in [-0.05, 0) is 29.7 Å². The molecule has 0 amide bonds. The third-order valence-electron chi connectivity index (χ3n) is 3.82. The summed E-state index contributed by atoms with van der Waals surface area (Å²) in [7, 11) is 1.66. The van der Waals surface area contributed by atoms with Gasteiger partial charge in [-0.1, -0.05) is 30.3 Å². The van der Waals surface area contributed by atoms with Gasteiger partial charge in [0.05, 0.1) is 18.7 Å². The third kappa shape index (κ3) is 2.04. The van der Waals surface area contributed by atoms with E-state index < -0.39 is 0 Å². The van der Waals surface area contributed by atoms with Crippen LogP contribution in [-0.2, 0) is 0 Å². The van der Waals surface area contributed by atoms with Crippen LogP contribution in [0.25, 0.3) is 11.1 Å². The molecule has 3 rings (SSSR count). The Morgan fingerprint density at radius 3 is 2.45 bits per heavy atom. The number of nitrogens with two attached hydrogens (primary N) is 1. The van der Waals surface area contributed by atoms with Gasteiger partial charge in [0.15, 0.2) is 0 Å². The molecule has 2 atom stereocenters. The molecule has 1 saturated carbocycles. The average Bonchev–Trinajstić information content (AvgIpc) is 3.23. The smallest absolute Gasteiger partial charge is 0.127 e. The minimum atomic E-state index is 0.150. The minimum absolute atomic E-state index is 0.150. The number of hydrogen-bond donors (Lipinski definition) is 1. The predicted molar refractivity (Wildman–Crippen MR) is 78.5 cm³/mol. The highest BCUT2D eigenvalue weighted by Crippen LogP contribution is 2.48. The largest absolute Gasteiger partial charge is 0.496 e. The quantitative estimate of drug-likeness (QED) is 0.926. The van der Waals surface area contributed by atoms with Gasteiger partial charge in [-0.25, -0.2) is 0 Å². The van der Waals surface area contributed by atoms with Crippen LogP contribution < -0.4 is 10.5 Å². The first-order valence-corrected chi connectivity index (χ1v) is 6.68. The second kappa shape index (κ2) is 4.99. The molecule has 0 saturated heterocycles. The second-order valence-electron chi connectivity index (χ2n) is 5.09. The molecule has 1 aliphatic rings. The highest BCUT2D eigenvalue weighted by atomic mass is 16.5. The van der Waals surface area contributed by atoms with E-state index in [-0.39, 0.29) is 12.0 Å². The fourth-order valence-corrected chi connectivity index (χ4v) is 2.70. The highest BCUT2D eigenvalue weighted by Gasteiger charge is 2.39. The van der Waals surface area contributed by atoms with Gasteiger partial charge in [-0.3, -0.25) is 0 Å². The van der Waals surface area contributed by atoms with Crippen molar-refractivity contribution in [2.24, 2.45) is 5.73 Å². The van der Waals surface area contributed by atoms with Crippen LogP contribution in [0.1, 0.15) is 23.5 Å². The van der Waals surface area contributed by atoms with E-state index >= 15 is 0 Å². The number of nitriles is 1. The van der Waals surface area contributed by atoms with Crippen LogP contribution in [0.5, 0.6) is 5.75 Å². The lowest BCUT2D eigenvalue weighted by Crippen LogP contribution is -2.04. The van der Waals surface area contributed by atoms with Gasteiger partial charge in [-0.15, -0.1) is 0 Å². The second-order valence-corrected chi connectivity index (χ2v) is 5.09. The summed E-state index contributed by atoms with van der Waals surface area (Å²) in [4.78, 5) is 0. The van der Waals surface area contributed by atoms with Crippen LogP contribution in [0.4, 0.5) is 0 Å². The first-order valence-electron chi connectivity index (χ1n) is 6.68. The molecule has 2 aromatic rings. The molecule has 1 fully saturated rings. The zero-order chi connectivity index (χ0) is 14.1. The first kappa shape index (κ1) is 12.7. The van der Waals surface area contributed by atoms with Crippen molar-refractivity contribution in [1.82, 2.24) is 0 Å². The van der Waals surface area contributed by atoms with Gasteiger partial charge in [0.2, 0.25) is 0 Å². The normalized spacial score (nSPS) is 20.2. The zero-order valence-electron chi connectivity index (χ0n) is 11.3. The Kier molecular flexibility index (Phi) is 3.17. The lowest BCUT2D eigenvalue weighted by Gasteiger charge is -2.15. The average molecular weight is 264 g/mol. The maximum atomic E-state index is 9.38. The number of benzene rings is 2. The van der Waals surface area contributed by atoms with Gasteiger partial charge in [0.25, 0.3) is 0 Å². The Hall–Kier alpha value is -2.31. The first-order chi connectivity index (χ1) is 9.76. The molecule has 1 aliphatic carbocycles. The van der Waals surface area contributed by atoms with E-state index in [1.54, 1.807) is 7.11 Å². The van der Waals surface area contributed by atoms with E-state index in [1.807, 2.05) is 42.5 Å². The van der Waals surface area contributed by atoms with Crippen molar-refractivity contribution >= 4 is 0 Å². The van der Waals surface area contributed by atoms with Crippen molar-refractivity contribution in [2.75, 3.05) is 7.11 Å². The van der Waals surface area contributed by atoms with Gasteiger partial charge >= 0.3 is 0 Å². The van der Waals surface area contributed by atoms with Crippen molar-refractivity contribution in [3.05, 3.63) is 53.6 Å². The maximum Gasteiger partial charge on any atom is 0.127 e. The third-order valence-corrected chi connectivity index (χ3v) is 3.82. The lowest BCUT2D eigenvalue weighted by molar-refractivity contribution is 0.416. The molecular formula is C17H16N2O. The summed E-state index contributed by atoms with van der Waals surface area (Å²) in [5.74, 6) is 1.05. The van der Waals surface area contributed by atoms with Crippen LogP contribution in [0.15, 0.2) is 42.5 Å². The molecule has 3 nitrogen and oxygen atoms in total. The molecule has 0 bridgehead atoms. The standard InChI is InChI=1S/C17H16N2O/c1-20-15-8-7-12(10-18)16(13-9-14(13)19)17(15)11-5-3-2-4-6-11/h2-8,13-14H,9,19H2,1H3. The Labute approximate surface area is 118 Å². The Morgan fingerprint density at radius 2 is 1.90 bits per heavy atom. The lowest BCUT2D eigenvalue weighted by atomic mass is 9.91. The molecular weight excluding hydrogens is 248 g/mol. The molecule has 2 aromatic carbocycles. The van der Waals surface area contributed by atoms with Crippen molar-refractivity contribution in [1.29, 1.82) is 5.26 Å². The van der Waals surface area contributed by atoms with Gasteiger partial charge in [-0.2, -0.15) is 5.26 Å². The minimum Gasteiger partial charge on any atom is -0.496 e. The number of nitrogens with zero attached hydrogens (tertiary/aromatic N) is 1. The zero-order valence-corrected chi connectivity index (χ0v) is 11.3. The highest BCUT2D eigenvalue weighted by molar-refractivity contribution is 5.78. The molecule has 0 spiro atoms. The van der Waals surface area contributed by atoms with Crippen LogP contribution >= 0.6 is 0 Å². The van der Waals surface area contributed by atoms with Crippen molar-refractivity contribution in [2.45, 2.75) is 18.4 Å². The molecule has 0 aliphatic heterocycles. The summed E-state index contributed by atoms with van der Waals surface area (Å²) in [6.07, 6.45) is 0.932. The molecule has 0 aromatic heterocycles. The van der Waals surface area contributed by atoms with E-state index in [0.29, 0.717) is 5.56 Å². The predicted octanol–water partition coefficient (Wildman–Crippen LogP) is 3.05. The van der Waals surface area contributed by atoms with E-state index in [0.717, 1.165) is 28.9 Å². The molecule has 100 valence electrons. The number of hydrogen-bond acceptors (Lipinski definition) is 3.